The predicted octanol–water partition coefficient (Wildman–Crippen LogP) is 2.59. The number of carbonyl (C=O) groups is 1. The van der Waals surface area contributed by atoms with Crippen LogP contribution >= 0.6 is 0 Å². The van der Waals surface area contributed by atoms with Gasteiger partial charge in [0.1, 0.15) is 11.3 Å². The molecule has 0 aliphatic heterocycles. The molecule has 0 unspecified atom stereocenters. The average Bonchev–Trinajstić information content (AvgIpc) is 2.48. The minimum atomic E-state index is -0.573. The Morgan fingerprint density at radius 3 is 2.57 bits per heavy atom. The molecule has 2 aromatic rings. The third-order valence-electron chi connectivity index (χ3n) is 2.99. The zero-order valence-corrected chi connectivity index (χ0v) is 11.6. The van der Waals surface area contributed by atoms with Crippen LogP contribution in [-0.4, -0.2) is 22.9 Å². The van der Waals surface area contributed by atoms with Gasteiger partial charge in [-0.3, -0.25) is 19.9 Å². The highest BCUT2D eigenvalue weighted by molar-refractivity contribution is 6.08. The highest BCUT2D eigenvalue weighted by atomic mass is 16.6. The number of nitro benzene ring substituents is 1. The number of nitrogens with zero attached hydrogens (tertiary/aromatic N) is 2. The fraction of sp³-hybridized carbons (Fsp3) is 0.143. The van der Waals surface area contributed by atoms with E-state index < -0.39 is 10.8 Å². The number of para-hydroxylation sites is 1. The molecule has 0 saturated heterocycles. The Bertz CT molecular complexity index is 700. The molecule has 0 aliphatic rings. The third kappa shape index (κ3) is 2.97. The van der Waals surface area contributed by atoms with Crippen LogP contribution in [0.15, 0.2) is 36.5 Å². The summed E-state index contributed by atoms with van der Waals surface area (Å²) in [5, 5.41) is 16.6. The van der Waals surface area contributed by atoms with Crippen molar-refractivity contribution in [3.63, 3.8) is 0 Å². The molecular weight excluding hydrogens is 272 g/mol. The molecule has 108 valence electrons. The second-order valence-electron chi connectivity index (χ2n) is 4.30. The first-order valence-electron chi connectivity index (χ1n) is 6.22. The van der Waals surface area contributed by atoms with Crippen LogP contribution in [0.5, 0.6) is 0 Å². The molecule has 2 N–H and O–H groups in total. The van der Waals surface area contributed by atoms with Crippen molar-refractivity contribution >= 4 is 23.0 Å². The second kappa shape index (κ2) is 6.00. The van der Waals surface area contributed by atoms with E-state index in [9.17, 15) is 14.9 Å². The van der Waals surface area contributed by atoms with Gasteiger partial charge in [0, 0.05) is 13.2 Å². The molecule has 1 amide bonds. The van der Waals surface area contributed by atoms with Crippen molar-refractivity contribution in [1.29, 1.82) is 0 Å². The number of hydrogen-bond acceptors (Lipinski definition) is 5. The van der Waals surface area contributed by atoms with Gasteiger partial charge >= 0.3 is 5.69 Å². The number of carbonyl (C=O) groups excluding carboxylic acids is 1. The van der Waals surface area contributed by atoms with Gasteiger partial charge in [0.25, 0.3) is 5.91 Å². The predicted molar refractivity (Wildman–Crippen MR) is 79.6 cm³/mol. The monoisotopic (exact) mass is 286 g/mol. The third-order valence-corrected chi connectivity index (χ3v) is 2.99. The first-order valence-corrected chi connectivity index (χ1v) is 6.22. The van der Waals surface area contributed by atoms with Crippen LogP contribution in [0.3, 0.4) is 0 Å². The summed E-state index contributed by atoms with van der Waals surface area (Å²) in [4.78, 5) is 27.0. The van der Waals surface area contributed by atoms with E-state index in [-0.39, 0.29) is 16.9 Å². The van der Waals surface area contributed by atoms with Crippen molar-refractivity contribution in [3.05, 3.63) is 57.9 Å². The van der Waals surface area contributed by atoms with Crippen molar-refractivity contribution in [3.8, 4) is 0 Å². The molecule has 0 atom stereocenters. The van der Waals surface area contributed by atoms with Crippen LogP contribution in [0.1, 0.15) is 16.1 Å². The summed E-state index contributed by atoms with van der Waals surface area (Å²) in [7, 11) is 1.56. The van der Waals surface area contributed by atoms with Gasteiger partial charge in [0.2, 0.25) is 0 Å². The maximum Gasteiger partial charge on any atom is 0.305 e. The number of amides is 1. The smallest absolute Gasteiger partial charge is 0.305 e. The van der Waals surface area contributed by atoms with Crippen molar-refractivity contribution in [2.24, 2.45) is 0 Å². The molecule has 7 nitrogen and oxygen atoms in total. The lowest BCUT2D eigenvalue weighted by atomic mass is 10.1. The maximum atomic E-state index is 12.3. The van der Waals surface area contributed by atoms with Gasteiger partial charge in [-0.2, -0.15) is 0 Å². The standard InChI is InChI=1S/C14H14N4O3/c1-9-11(7-4-8-16-9)17-14(19)10-5-3-6-12(15-2)13(10)18(20)21/h3-8,15H,1-2H3,(H,17,19). The number of anilines is 2. The Hall–Kier alpha value is -2.96. The van der Waals surface area contributed by atoms with Crippen LogP contribution in [0.2, 0.25) is 0 Å². The van der Waals surface area contributed by atoms with E-state index in [1.54, 1.807) is 44.4 Å². The molecular formula is C14H14N4O3. The van der Waals surface area contributed by atoms with E-state index in [1.165, 1.54) is 6.07 Å². The van der Waals surface area contributed by atoms with Gasteiger partial charge in [-0.05, 0) is 31.2 Å². The second-order valence-corrected chi connectivity index (χ2v) is 4.30. The molecule has 0 bridgehead atoms. The SMILES string of the molecule is CNc1cccc(C(=O)Nc2cccnc2C)c1[N+](=O)[O-]. The maximum absolute atomic E-state index is 12.3. The summed E-state index contributed by atoms with van der Waals surface area (Å²) in [6.07, 6.45) is 1.61. The summed E-state index contributed by atoms with van der Waals surface area (Å²) >= 11 is 0. The molecule has 0 fully saturated rings. The molecule has 2 rings (SSSR count). The van der Waals surface area contributed by atoms with Crippen LogP contribution < -0.4 is 10.6 Å². The Balaban J connectivity index is 2.40. The lowest BCUT2D eigenvalue weighted by Gasteiger charge is -2.09. The molecule has 0 aliphatic carbocycles. The van der Waals surface area contributed by atoms with Gasteiger partial charge < -0.3 is 10.6 Å². The van der Waals surface area contributed by atoms with Gasteiger partial charge in [-0.1, -0.05) is 6.07 Å². The van der Waals surface area contributed by atoms with Gasteiger partial charge in [-0.25, -0.2) is 0 Å². The zero-order valence-electron chi connectivity index (χ0n) is 11.6. The van der Waals surface area contributed by atoms with Crippen molar-refractivity contribution in [1.82, 2.24) is 4.98 Å². The minimum Gasteiger partial charge on any atom is -0.383 e. The first-order chi connectivity index (χ1) is 10.0. The molecule has 1 heterocycles. The fourth-order valence-corrected chi connectivity index (χ4v) is 1.93. The summed E-state index contributed by atoms with van der Waals surface area (Å²) in [5.74, 6) is -0.546. The fourth-order valence-electron chi connectivity index (χ4n) is 1.93. The van der Waals surface area contributed by atoms with Crippen molar-refractivity contribution in [2.45, 2.75) is 6.92 Å². The summed E-state index contributed by atoms with van der Waals surface area (Å²) < 4.78 is 0. The molecule has 0 saturated carbocycles. The number of aryl methyl sites for hydroxylation is 1. The number of hydrogen-bond donors (Lipinski definition) is 2. The number of nitro groups is 1. The first kappa shape index (κ1) is 14.4. The van der Waals surface area contributed by atoms with Gasteiger partial charge in [-0.15, -0.1) is 0 Å². The summed E-state index contributed by atoms with van der Waals surface area (Å²) in [5.41, 5.74) is 1.19. The molecule has 0 spiro atoms. The number of rotatable bonds is 4. The Labute approximate surface area is 121 Å². The summed E-state index contributed by atoms with van der Waals surface area (Å²) in [6, 6.07) is 7.92. The van der Waals surface area contributed by atoms with E-state index in [1.807, 2.05) is 0 Å². The Kier molecular flexibility index (Phi) is 4.13. The van der Waals surface area contributed by atoms with E-state index in [0.29, 0.717) is 11.4 Å². The number of nitrogens with one attached hydrogen (secondary N) is 2. The number of pyridine rings is 1. The Morgan fingerprint density at radius 1 is 1.24 bits per heavy atom. The largest absolute Gasteiger partial charge is 0.383 e. The van der Waals surface area contributed by atoms with Crippen molar-refractivity contribution in [2.75, 3.05) is 17.7 Å². The summed E-state index contributed by atoms with van der Waals surface area (Å²) in [6.45, 7) is 1.74. The number of aromatic nitrogens is 1. The highest BCUT2D eigenvalue weighted by Crippen LogP contribution is 2.29. The van der Waals surface area contributed by atoms with E-state index in [4.69, 9.17) is 0 Å². The lowest BCUT2D eigenvalue weighted by Crippen LogP contribution is -2.15. The number of benzene rings is 1. The zero-order chi connectivity index (χ0) is 15.4. The van der Waals surface area contributed by atoms with E-state index >= 15 is 0 Å². The van der Waals surface area contributed by atoms with Crippen LogP contribution in [0, 0.1) is 17.0 Å². The van der Waals surface area contributed by atoms with E-state index in [0.717, 1.165) is 0 Å². The van der Waals surface area contributed by atoms with Crippen LogP contribution in [0.4, 0.5) is 17.1 Å². The highest BCUT2D eigenvalue weighted by Gasteiger charge is 2.24. The molecule has 0 radical (unpaired) electrons. The lowest BCUT2D eigenvalue weighted by molar-refractivity contribution is -0.384. The van der Waals surface area contributed by atoms with Crippen LogP contribution in [-0.2, 0) is 0 Å². The van der Waals surface area contributed by atoms with Crippen molar-refractivity contribution < 1.29 is 9.72 Å². The van der Waals surface area contributed by atoms with Gasteiger partial charge in [0.05, 0.1) is 16.3 Å². The quantitative estimate of drug-likeness (QED) is 0.665. The average molecular weight is 286 g/mol. The van der Waals surface area contributed by atoms with Gasteiger partial charge in [0.15, 0.2) is 0 Å². The Morgan fingerprint density at radius 2 is 1.95 bits per heavy atom. The molecule has 1 aromatic carbocycles. The van der Waals surface area contributed by atoms with Crippen LogP contribution in [0.25, 0.3) is 0 Å². The normalized spacial score (nSPS) is 10.0. The minimum absolute atomic E-state index is 0.00453. The molecule has 1 aromatic heterocycles. The van der Waals surface area contributed by atoms with E-state index in [2.05, 4.69) is 15.6 Å². The molecule has 21 heavy (non-hydrogen) atoms. The topological polar surface area (TPSA) is 97.2 Å². The molecule has 7 heteroatoms.